The van der Waals surface area contributed by atoms with Gasteiger partial charge in [0.05, 0.1) is 19.8 Å². The molecule has 5 nitrogen and oxygen atoms in total. The number of morpholine rings is 1. The summed E-state index contributed by atoms with van der Waals surface area (Å²) in [5, 5.41) is 0. The molecular weight excluding hydrogens is 283 g/mol. The lowest BCUT2D eigenvalue weighted by Crippen LogP contribution is -2.37. The molecule has 0 amide bonds. The molecule has 1 saturated heterocycles. The molecule has 22 heavy (non-hydrogen) atoms. The molecule has 1 aromatic carbocycles. The van der Waals surface area contributed by atoms with Crippen LogP contribution in [0, 0.1) is 5.82 Å². The van der Waals surface area contributed by atoms with E-state index in [2.05, 4.69) is 9.89 Å². The molecule has 0 bridgehead atoms. The van der Waals surface area contributed by atoms with Crippen LogP contribution in [-0.2, 0) is 11.3 Å². The van der Waals surface area contributed by atoms with Crippen LogP contribution in [0.5, 0.6) is 0 Å². The zero-order chi connectivity index (χ0) is 16.1. The highest BCUT2D eigenvalue weighted by molar-refractivity contribution is 5.79. The minimum Gasteiger partial charge on any atom is -0.378 e. The Bertz CT molecular complexity index is 515. The van der Waals surface area contributed by atoms with Gasteiger partial charge in [0.25, 0.3) is 0 Å². The fraction of sp³-hybridized carbons (Fsp3) is 0.562. The molecule has 1 heterocycles. The fourth-order valence-electron chi connectivity index (χ4n) is 2.63. The SMILES string of the molecule is CN(C)C(=NCc1cc(F)ccc1N1CCOCC1)N(C)C. The number of hydrogen-bond acceptors (Lipinski definition) is 3. The highest BCUT2D eigenvalue weighted by Gasteiger charge is 2.15. The second-order valence-corrected chi connectivity index (χ2v) is 5.78. The quantitative estimate of drug-likeness (QED) is 0.627. The monoisotopic (exact) mass is 308 g/mol. The van der Waals surface area contributed by atoms with Gasteiger partial charge in [-0.3, -0.25) is 0 Å². The van der Waals surface area contributed by atoms with E-state index in [0.29, 0.717) is 19.8 Å². The number of benzene rings is 1. The number of halogens is 1. The average Bonchev–Trinajstić information content (AvgIpc) is 2.47. The van der Waals surface area contributed by atoms with E-state index in [-0.39, 0.29) is 5.82 Å². The molecule has 0 radical (unpaired) electrons. The minimum absolute atomic E-state index is 0.224. The topological polar surface area (TPSA) is 31.3 Å². The van der Waals surface area contributed by atoms with Crippen LogP contribution < -0.4 is 4.90 Å². The first-order chi connectivity index (χ1) is 10.5. The number of ether oxygens (including phenoxy) is 1. The summed E-state index contributed by atoms with van der Waals surface area (Å²) in [5.74, 6) is 0.635. The Kier molecular flexibility index (Phi) is 5.60. The van der Waals surface area contributed by atoms with Crippen LogP contribution in [-0.4, -0.2) is 70.3 Å². The standard InChI is InChI=1S/C16H25FN4O/c1-19(2)16(20(3)4)18-12-13-11-14(17)5-6-15(13)21-7-9-22-10-8-21/h5-6,11H,7-10,12H2,1-4H3. The zero-order valence-electron chi connectivity index (χ0n) is 13.8. The van der Waals surface area contributed by atoms with E-state index < -0.39 is 0 Å². The van der Waals surface area contributed by atoms with Gasteiger partial charge < -0.3 is 19.4 Å². The van der Waals surface area contributed by atoms with Crippen molar-refractivity contribution >= 4 is 11.6 Å². The second kappa shape index (κ2) is 7.45. The molecule has 2 rings (SSSR count). The Hall–Kier alpha value is -1.82. The van der Waals surface area contributed by atoms with Crippen LogP contribution in [0.3, 0.4) is 0 Å². The third-order valence-corrected chi connectivity index (χ3v) is 3.58. The van der Waals surface area contributed by atoms with Gasteiger partial charge in [-0.15, -0.1) is 0 Å². The van der Waals surface area contributed by atoms with Crippen molar-refractivity contribution in [3.8, 4) is 0 Å². The first-order valence-corrected chi connectivity index (χ1v) is 7.49. The Morgan fingerprint density at radius 3 is 2.41 bits per heavy atom. The number of aliphatic imine (C=N–C) groups is 1. The average molecular weight is 308 g/mol. The van der Waals surface area contributed by atoms with E-state index in [1.54, 1.807) is 6.07 Å². The van der Waals surface area contributed by atoms with Crippen molar-refractivity contribution in [1.82, 2.24) is 9.80 Å². The van der Waals surface area contributed by atoms with Crippen molar-refractivity contribution in [2.45, 2.75) is 6.54 Å². The van der Waals surface area contributed by atoms with Gasteiger partial charge in [0.1, 0.15) is 5.82 Å². The predicted octanol–water partition coefficient (Wildman–Crippen LogP) is 1.64. The van der Waals surface area contributed by atoms with Crippen molar-refractivity contribution in [2.24, 2.45) is 4.99 Å². The Morgan fingerprint density at radius 1 is 1.18 bits per heavy atom. The maximum atomic E-state index is 13.6. The molecule has 1 aliphatic heterocycles. The lowest BCUT2D eigenvalue weighted by molar-refractivity contribution is 0.122. The number of hydrogen-bond donors (Lipinski definition) is 0. The summed E-state index contributed by atoms with van der Waals surface area (Å²) >= 11 is 0. The van der Waals surface area contributed by atoms with Gasteiger partial charge in [0.15, 0.2) is 5.96 Å². The summed E-state index contributed by atoms with van der Waals surface area (Å²) in [6.07, 6.45) is 0. The third-order valence-electron chi connectivity index (χ3n) is 3.58. The van der Waals surface area contributed by atoms with Gasteiger partial charge in [-0.25, -0.2) is 9.38 Å². The van der Waals surface area contributed by atoms with E-state index in [9.17, 15) is 4.39 Å². The fourth-order valence-corrected chi connectivity index (χ4v) is 2.63. The second-order valence-electron chi connectivity index (χ2n) is 5.78. The molecule has 1 aromatic rings. The van der Waals surface area contributed by atoms with Gasteiger partial charge in [-0.1, -0.05) is 0 Å². The van der Waals surface area contributed by atoms with Crippen LogP contribution in [0.4, 0.5) is 10.1 Å². The summed E-state index contributed by atoms with van der Waals surface area (Å²) in [6.45, 7) is 3.53. The highest BCUT2D eigenvalue weighted by atomic mass is 19.1. The molecule has 1 fully saturated rings. The van der Waals surface area contributed by atoms with E-state index in [0.717, 1.165) is 30.3 Å². The van der Waals surface area contributed by atoms with Crippen molar-refractivity contribution in [3.63, 3.8) is 0 Å². The maximum Gasteiger partial charge on any atom is 0.195 e. The molecule has 0 aliphatic carbocycles. The van der Waals surface area contributed by atoms with E-state index in [1.807, 2.05) is 44.1 Å². The summed E-state index contributed by atoms with van der Waals surface area (Å²) in [4.78, 5) is 10.8. The Balaban J connectivity index is 2.25. The van der Waals surface area contributed by atoms with Gasteiger partial charge in [-0.2, -0.15) is 0 Å². The normalized spacial score (nSPS) is 14.7. The smallest absolute Gasteiger partial charge is 0.195 e. The largest absolute Gasteiger partial charge is 0.378 e. The van der Waals surface area contributed by atoms with E-state index in [4.69, 9.17) is 4.74 Å². The minimum atomic E-state index is -0.224. The van der Waals surface area contributed by atoms with Gasteiger partial charge in [-0.05, 0) is 23.8 Å². The molecule has 0 aromatic heterocycles. The van der Waals surface area contributed by atoms with Crippen LogP contribution in [0.15, 0.2) is 23.2 Å². The number of rotatable bonds is 3. The van der Waals surface area contributed by atoms with Crippen molar-refractivity contribution in [3.05, 3.63) is 29.6 Å². The van der Waals surface area contributed by atoms with E-state index in [1.165, 1.54) is 6.07 Å². The molecular formula is C16H25FN4O. The highest BCUT2D eigenvalue weighted by Crippen LogP contribution is 2.23. The predicted molar refractivity (Wildman–Crippen MR) is 87.9 cm³/mol. The summed E-state index contributed by atoms with van der Waals surface area (Å²) in [7, 11) is 7.81. The molecule has 0 spiro atoms. The molecule has 122 valence electrons. The number of anilines is 1. The molecule has 0 saturated carbocycles. The lowest BCUT2D eigenvalue weighted by Gasteiger charge is -2.30. The molecule has 0 unspecified atom stereocenters. The first kappa shape index (κ1) is 16.5. The van der Waals surface area contributed by atoms with Crippen molar-refractivity contribution in [2.75, 3.05) is 59.4 Å². The van der Waals surface area contributed by atoms with Crippen LogP contribution >= 0.6 is 0 Å². The number of nitrogens with zero attached hydrogens (tertiary/aromatic N) is 4. The first-order valence-electron chi connectivity index (χ1n) is 7.49. The lowest BCUT2D eigenvalue weighted by atomic mass is 10.1. The van der Waals surface area contributed by atoms with Crippen molar-refractivity contribution in [1.29, 1.82) is 0 Å². The summed E-state index contributed by atoms with van der Waals surface area (Å²) < 4.78 is 19.0. The van der Waals surface area contributed by atoms with Crippen LogP contribution in [0.1, 0.15) is 5.56 Å². The van der Waals surface area contributed by atoms with Gasteiger partial charge in [0.2, 0.25) is 0 Å². The summed E-state index contributed by atoms with van der Waals surface area (Å²) in [5.41, 5.74) is 1.95. The summed E-state index contributed by atoms with van der Waals surface area (Å²) in [6, 6.07) is 4.94. The zero-order valence-corrected chi connectivity index (χ0v) is 13.8. The molecule has 6 heteroatoms. The molecule has 0 atom stereocenters. The van der Waals surface area contributed by atoms with Crippen LogP contribution in [0.25, 0.3) is 0 Å². The molecule has 1 aliphatic rings. The van der Waals surface area contributed by atoms with Gasteiger partial charge >= 0.3 is 0 Å². The van der Waals surface area contributed by atoms with Crippen LogP contribution in [0.2, 0.25) is 0 Å². The maximum absolute atomic E-state index is 13.6. The number of guanidine groups is 1. The Morgan fingerprint density at radius 2 is 1.82 bits per heavy atom. The van der Waals surface area contributed by atoms with E-state index >= 15 is 0 Å². The molecule has 0 N–H and O–H groups in total. The van der Waals surface area contributed by atoms with Gasteiger partial charge in [0, 0.05) is 47.0 Å². The third kappa shape index (κ3) is 4.10. The Labute approximate surface area is 132 Å². The van der Waals surface area contributed by atoms with Crippen molar-refractivity contribution < 1.29 is 9.13 Å².